The average Bonchev–Trinajstić information content (AvgIpc) is 3.09. The summed E-state index contributed by atoms with van der Waals surface area (Å²) in [5.41, 5.74) is 2.74. The first-order chi connectivity index (χ1) is 12.7. The first-order valence-electron chi connectivity index (χ1n) is 8.21. The third-order valence-electron chi connectivity index (χ3n) is 3.84. The summed E-state index contributed by atoms with van der Waals surface area (Å²) in [6.45, 7) is 2.47. The van der Waals surface area contributed by atoms with Crippen LogP contribution >= 0.6 is 0 Å². The second-order valence-electron chi connectivity index (χ2n) is 5.78. The highest BCUT2D eigenvalue weighted by atomic mass is 16.5. The number of ether oxygens (including phenoxy) is 1. The van der Waals surface area contributed by atoms with Crippen molar-refractivity contribution < 1.29 is 9.53 Å². The lowest BCUT2D eigenvalue weighted by Crippen LogP contribution is -2.10. The Kier molecular flexibility index (Phi) is 5.43. The molecule has 2 heterocycles. The first kappa shape index (κ1) is 17.4. The van der Waals surface area contributed by atoms with Gasteiger partial charge in [0.15, 0.2) is 5.82 Å². The van der Waals surface area contributed by atoms with Crippen LogP contribution in [-0.4, -0.2) is 27.8 Å². The SMILES string of the molecule is COc1ccccc1/C(C)=C\C(=O)Nc1ccn(Cc2cccnc2)n1. The van der Waals surface area contributed by atoms with Gasteiger partial charge in [0, 0.05) is 36.3 Å². The van der Waals surface area contributed by atoms with Gasteiger partial charge >= 0.3 is 0 Å². The lowest BCUT2D eigenvalue weighted by atomic mass is 10.1. The standard InChI is InChI=1S/C20H20N4O2/c1-15(17-7-3-4-8-18(17)26-2)12-20(25)22-19-9-11-24(23-19)14-16-6-5-10-21-13-16/h3-13H,14H2,1-2H3,(H,22,23,25)/b15-12-. The number of nitrogens with one attached hydrogen (secondary N) is 1. The Morgan fingerprint density at radius 3 is 2.85 bits per heavy atom. The minimum absolute atomic E-state index is 0.236. The van der Waals surface area contributed by atoms with E-state index in [0.29, 0.717) is 12.4 Å². The lowest BCUT2D eigenvalue weighted by molar-refractivity contribution is -0.111. The molecule has 0 saturated carbocycles. The fraction of sp³-hybridized carbons (Fsp3) is 0.150. The number of para-hydroxylation sites is 1. The molecule has 6 nitrogen and oxygen atoms in total. The summed E-state index contributed by atoms with van der Waals surface area (Å²) < 4.78 is 7.09. The van der Waals surface area contributed by atoms with Gasteiger partial charge in [-0.15, -0.1) is 0 Å². The van der Waals surface area contributed by atoms with Crippen molar-refractivity contribution in [2.75, 3.05) is 12.4 Å². The van der Waals surface area contributed by atoms with Crippen LogP contribution in [0.25, 0.3) is 5.57 Å². The van der Waals surface area contributed by atoms with Crippen LogP contribution in [0.2, 0.25) is 0 Å². The van der Waals surface area contributed by atoms with Crippen molar-refractivity contribution in [3.8, 4) is 5.75 Å². The molecule has 26 heavy (non-hydrogen) atoms. The molecule has 0 fully saturated rings. The molecule has 0 saturated heterocycles. The molecule has 0 aliphatic heterocycles. The van der Waals surface area contributed by atoms with Crippen molar-refractivity contribution in [1.29, 1.82) is 0 Å². The van der Waals surface area contributed by atoms with Crippen molar-refractivity contribution in [2.45, 2.75) is 13.5 Å². The quantitative estimate of drug-likeness (QED) is 0.694. The molecular formula is C20H20N4O2. The number of amides is 1. The minimum atomic E-state index is -0.236. The Morgan fingerprint density at radius 1 is 1.23 bits per heavy atom. The molecule has 0 spiro atoms. The molecule has 3 rings (SSSR count). The van der Waals surface area contributed by atoms with Crippen LogP contribution in [0.1, 0.15) is 18.1 Å². The number of allylic oxidation sites excluding steroid dienone is 1. The molecule has 0 radical (unpaired) electrons. The zero-order valence-electron chi connectivity index (χ0n) is 14.7. The highest BCUT2D eigenvalue weighted by Crippen LogP contribution is 2.25. The van der Waals surface area contributed by atoms with E-state index in [1.165, 1.54) is 6.08 Å². The monoisotopic (exact) mass is 348 g/mol. The fourth-order valence-corrected chi connectivity index (χ4v) is 2.60. The van der Waals surface area contributed by atoms with Crippen molar-refractivity contribution in [3.63, 3.8) is 0 Å². The van der Waals surface area contributed by atoms with E-state index >= 15 is 0 Å². The third kappa shape index (κ3) is 4.36. The number of benzene rings is 1. The Balaban J connectivity index is 1.66. The normalized spacial score (nSPS) is 11.2. The van der Waals surface area contributed by atoms with Crippen molar-refractivity contribution in [1.82, 2.24) is 14.8 Å². The van der Waals surface area contributed by atoms with E-state index in [2.05, 4.69) is 15.4 Å². The number of anilines is 1. The van der Waals surface area contributed by atoms with Crippen LogP contribution < -0.4 is 10.1 Å². The summed E-state index contributed by atoms with van der Waals surface area (Å²) in [6, 6.07) is 13.2. The highest BCUT2D eigenvalue weighted by Gasteiger charge is 2.07. The number of carbonyl (C=O) groups is 1. The summed E-state index contributed by atoms with van der Waals surface area (Å²) in [5.74, 6) is 0.998. The molecule has 0 atom stereocenters. The fourth-order valence-electron chi connectivity index (χ4n) is 2.60. The second kappa shape index (κ2) is 8.11. The summed E-state index contributed by atoms with van der Waals surface area (Å²) in [5, 5.41) is 7.14. The summed E-state index contributed by atoms with van der Waals surface area (Å²) in [6.07, 6.45) is 6.88. The number of rotatable bonds is 6. The number of carbonyl (C=O) groups excluding carboxylic acids is 1. The van der Waals surface area contributed by atoms with Gasteiger partial charge in [-0.05, 0) is 30.2 Å². The molecular weight excluding hydrogens is 328 g/mol. The van der Waals surface area contributed by atoms with Crippen LogP contribution in [0, 0.1) is 0 Å². The highest BCUT2D eigenvalue weighted by molar-refractivity contribution is 6.03. The molecule has 3 aromatic rings. The summed E-state index contributed by atoms with van der Waals surface area (Å²) in [7, 11) is 1.61. The van der Waals surface area contributed by atoms with Gasteiger partial charge < -0.3 is 10.1 Å². The Morgan fingerprint density at radius 2 is 2.08 bits per heavy atom. The van der Waals surface area contributed by atoms with Crippen LogP contribution in [0.3, 0.4) is 0 Å². The summed E-state index contributed by atoms with van der Waals surface area (Å²) >= 11 is 0. The minimum Gasteiger partial charge on any atom is -0.496 e. The number of pyridine rings is 1. The van der Waals surface area contributed by atoms with E-state index in [-0.39, 0.29) is 5.91 Å². The van der Waals surface area contributed by atoms with Gasteiger partial charge in [-0.25, -0.2) is 0 Å². The number of hydrogen-bond acceptors (Lipinski definition) is 4. The van der Waals surface area contributed by atoms with E-state index in [4.69, 9.17) is 4.74 Å². The zero-order valence-corrected chi connectivity index (χ0v) is 14.7. The molecule has 0 bridgehead atoms. The predicted molar refractivity (Wildman–Crippen MR) is 101 cm³/mol. The van der Waals surface area contributed by atoms with Crippen molar-refractivity contribution >= 4 is 17.3 Å². The van der Waals surface area contributed by atoms with Gasteiger partial charge in [0.25, 0.3) is 0 Å². The molecule has 1 aromatic carbocycles. The van der Waals surface area contributed by atoms with Gasteiger partial charge in [0.2, 0.25) is 5.91 Å². The van der Waals surface area contributed by atoms with Gasteiger partial charge in [-0.3, -0.25) is 14.5 Å². The average molecular weight is 348 g/mol. The molecule has 1 N–H and O–H groups in total. The summed E-state index contributed by atoms with van der Waals surface area (Å²) in [4.78, 5) is 16.4. The topological polar surface area (TPSA) is 69.0 Å². The van der Waals surface area contributed by atoms with Crippen LogP contribution in [0.4, 0.5) is 5.82 Å². The molecule has 0 unspecified atom stereocenters. The van der Waals surface area contributed by atoms with Crippen molar-refractivity contribution in [2.24, 2.45) is 0 Å². The molecule has 0 aliphatic carbocycles. The second-order valence-corrected chi connectivity index (χ2v) is 5.78. The Hall–Kier alpha value is -3.41. The Bertz CT molecular complexity index is 916. The number of aromatic nitrogens is 3. The van der Waals surface area contributed by atoms with E-state index < -0.39 is 0 Å². The van der Waals surface area contributed by atoms with Gasteiger partial charge in [-0.2, -0.15) is 5.10 Å². The van der Waals surface area contributed by atoms with Gasteiger partial charge in [-0.1, -0.05) is 24.3 Å². The molecule has 0 aliphatic rings. The van der Waals surface area contributed by atoms with E-state index in [0.717, 1.165) is 22.4 Å². The maximum absolute atomic E-state index is 12.3. The first-order valence-corrected chi connectivity index (χ1v) is 8.21. The van der Waals surface area contributed by atoms with E-state index in [1.807, 2.05) is 49.5 Å². The Labute approximate surface area is 152 Å². The smallest absolute Gasteiger partial charge is 0.249 e. The number of nitrogens with zero attached hydrogens (tertiary/aromatic N) is 3. The molecule has 1 amide bonds. The third-order valence-corrected chi connectivity index (χ3v) is 3.84. The van der Waals surface area contributed by atoms with Crippen molar-refractivity contribution in [3.05, 3.63) is 78.3 Å². The van der Waals surface area contributed by atoms with Crippen LogP contribution in [-0.2, 0) is 11.3 Å². The number of hydrogen-bond donors (Lipinski definition) is 1. The van der Waals surface area contributed by atoms with Crippen LogP contribution in [0.15, 0.2) is 67.1 Å². The molecule has 132 valence electrons. The maximum Gasteiger partial charge on any atom is 0.249 e. The van der Waals surface area contributed by atoms with Crippen LogP contribution in [0.5, 0.6) is 5.75 Å². The molecule has 6 heteroatoms. The van der Waals surface area contributed by atoms with E-state index in [1.54, 1.807) is 30.3 Å². The van der Waals surface area contributed by atoms with E-state index in [9.17, 15) is 4.79 Å². The zero-order chi connectivity index (χ0) is 18.4. The largest absolute Gasteiger partial charge is 0.496 e. The predicted octanol–water partition coefficient (Wildman–Crippen LogP) is 3.38. The lowest BCUT2D eigenvalue weighted by Gasteiger charge is -2.08. The molecule has 2 aromatic heterocycles. The van der Waals surface area contributed by atoms with Gasteiger partial charge in [0.05, 0.1) is 13.7 Å². The number of methoxy groups -OCH3 is 1. The van der Waals surface area contributed by atoms with Gasteiger partial charge in [0.1, 0.15) is 5.75 Å². The maximum atomic E-state index is 12.3.